The highest BCUT2D eigenvalue weighted by atomic mass is 16.5. The van der Waals surface area contributed by atoms with E-state index in [1.807, 2.05) is 0 Å². The lowest BCUT2D eigenvalue weighted by atomic mass is 9.90. The number of methoxy groups -OCH3 is 4. The summed E-state index contributed by atoms with van der Waals surface area (Å²) in [7, 11) is 6.03. The van der Waals surface area contributed by atoms with Crippen molar-refractivity contribution < 1.29 is 37.7 Å². The van der Waals surface area contributed by atoms with Gasteiger partial charge in [0.1, 0.15) is 29.3 Å². The van der Waals surface area contributed by atoms with Crippen LogP contribution in [0.25, 0.3) is 5.57 Å². The molecule has 2 aliphatic rings. The number of nitrogens with zero attached hydrogens (tertiary/aromatic N) is 2. The average Bonchev–Trinajstić information content (AvgIpc) is 3.45. The number of hydrogen-bond donors (Lipinski definition) is 0. The van der Waals surface area contributed by atoms with E-state index in [0.717, 1.165) is 0 Å². The Morgan fingerprint density at radius 1 is 0.800 bits per heavy atom. The summed E-state index contributed by atoms with van der Waals surface area (Å²) < 4.78 is 27.1. The van der Waals surface area contributed by atoms with E-state index in [2.05, 4.69) is 0 Å². The van der Waals surface area contributed by atoms with Gasteiger partial charge in [0, 0.05) is 31.2 Å². The minimum absolute atomic E-state index is 0.183. The maximum Gasteiger partial charge on any atom is 0.259 e. The van der Waals surface area contributed by atoms with E-state index in [1.54, 1.807) is 80.6 Å². The molecule has 2 aliphatic heterocycles. The van der Waals surface area contributed by atoms with Gasteiger partial charge in [-0.25, -0.2) is 0 Å². The van der Waals surface area contributed by atoms with Gasteiger partial charge in [0.25, 0.3) is 11.8 Å². The average molecular weight is 547 g/mol. The number of rotatable bonds is 10. The van der Waals surface area contributed by atoms with Crippen LogP contribution in [-0.2, 0) is 23.9 Å². The highest BCUT2D eigenvalue weighted by molar-refractivity contribution is 6.17. The van der Waals surface area contributed by atoms with E-state index in [-0.39, 0.29) is 17.6 Å². The van der Waals surface area contributed by atoms with Gasteiger partial charge in [0.2, 0.25) is 0 Å². The van der Waals surface area contributed by atoms with Crippen LogP contribution < -0.4 is 19.3 Å². The molecule has 0 saturated carbocycles. The first kappa shape index (κ1) is 27.2. The Hall–Kier alpha value is -4.41. The summed E-state index contributed by atoms with van der Waals surface area (Å²) in [5.41, 5.74) is 2.57. The second kappa shape index (κ2) is 11.0. The molecular weight excluding hydrogens is 516 g/mol. The van der Waals surface area contributed by atoms with Crippen molar-refractivity contribution in [2.45, 2.75) is 31.2 Å². The molecule has 5 rings (SSSR count). The number of β-lactam (4-membered cyclic amide) rings is 2. The van der Waals surface area contributed by atoms with E-state index in [4.69, 9.17) is 23.4 Å². The molecule has 1 aromatic heterocycles. The van der Waals surface area contributed by atoms with Crippen LogP contribution in [-0.4, -0.2) is 64.3 Å². The van der Waals surface area contributed by atoms with Gasteiger partial charge in [-0.15, -0.1) is 0 Å². The molecule has 208 valence electrons. The maximum absolute atomic E-state index is 13.4. The number of anilines is 2. The maximum atomic E-state index is 13.4. The van der Waals surface area contributed by atoms with Crippen molar-refractivity contribution >= 4 is 34.5 Å². The van der Waals surface area contributed by atoms with Crippen molar-refractivity contribution in [1.82, 2.24) is 0 Å². The van der Waals surface area contributed by atoms with E-state index < -0.39 is 24.3 Å². The third-order valence-corrected chi connectivity index (χ3v) is 7.32. The van der Waals surface area contributed by atoms with Crippen LogP contribution in [0.15, 0.2) is 71.4 Å². The lowest BCUT2D eigenvalue weighted by molar-refractivity contribution is -0.144. The highest BCUT2D eigenvalue weighted by Crippen LogP contribution is 2.42. The van der Waals surface area contributed by atoms with Crippen LogP contribution in [0.3, 0.4) is 0 Å². The quantitative estimate of drug-likeness (QED) is 0.279. The number of benzene rings is 2. The van der Waals surface area contributed by atoms with E-state index >= 15 is 0 Å². The summed E-state index contributed by atoms with van der Waals surface area (Å²) in [6, 6.07) is 14.6. The van der Waals surface area contributed by atoms with Crippen molar-refractivity contribution in [2.24, 2.45) is 0 Å². The Balaban J connectivity index is 1.37. The fraction of sp³-hybridized carbons (Fsp3) is 0.300. The molecule has 2 fully saturated rings. The molecule has 2 amide bonds. The van der Waals surface area contributed by atoms with Gasteiger partial charge in [0.05, 0.1) is 20.5 Å². The number of allylic oxidation sites excluding steroid dienone is 1. The summed E-state index contributed by atoms with van der Waals surface area (Å²) in [6.45, 7) is 1.79. The van der Waals surface area contributed by atoms with Crippen LogP contribution in [0, 0.1) is 0 Å². The number of ketones is 1. The SMILES string of the molecule is COc1ccc(N2C(=O)[C@H](OC)[C@@H]2C(=O)/C=C(\C)c2coc([C@H]3[C@@H](OC)C(=O)N3c3ccc(OC)cc3)c2)cc1. The van der Waals surface area contributed by atoms with Gasteiger partial charge < -0.3 is 23.4 Å². The molecule has 4 atom stereocenters. The Labute approximate surface area is 231 Å². The minimum Gasteiger partial charge on any atom is -0.497 e. The third-order valence-electron chi connectivity index (χ3n) is 7.32. The van der Waals surface area contributed by atoms with Crippen LogP contribution in [0.4, 0.5) is 11.4 Å². The van der Waals surface area contributed by atoms with Crippen molar-refractivity contribution in [2.75, 3.05) is 38.2 Å². The summed E-state index contributed by atoms with van der Waals surface area (Å²) in [5, 5.41) is 0. The van der Waals surface area contributed by atoms with Crippen molar-refractivity contribution in [3.05, 3.63) is 78.3 Å². The second-order valence-corrected chi connectivity index (χ2v) is 9.48. The first-order valence-corrected chi connectivity index (χ1v) is 12.6. The van der Waals surface area contributed by atoms with Gasteiger partial charge in [-0.05, 0) is 73.2 Å². The molecule has 0 radical (unpaired) electrons. The van der Waals surface area contributed by atoms with Crippen LogP contribution in [0.1, 0.15) is 24.3 Å². The normalized spacial score (nSPS) is 22.6. The van der Waals surface area contributed by atoms with Crippen LogP contribution in [0.5, 0.6) is 11.5 Å². The number of furan rings is 1. The predicted octanol–water partition coefficient (Wildman–Crippen LogP) is 3.80. The van der Waals surface area contributed by atoms with E-state index in [9.17, 15) is 14.4 Å². The Bertz CT molecular complexity index is 1440. The van der Waals surface area contributed by atoms with Crippen LogP contribution >= 0.6 is 0 Å². The largest absolute Gasteiger partial charge is 0.497 e. The molecule has 0 bridgehead atoms. The minimum atomic E-state index is -0.875. The Morgan fingerprint density at radius 3 is 1.85 bits per heavy atom. The zero-order valence-electron chi connectivity index (χ0n) is 22.8. The topological polar surface area (TPSA) is 108 Å². The number of carbonyl (C=O) groups excluding carboxylic acids is 3. The molecule has 0 aliphatic carbocycles. The molecule has 10 nitrogen and oxygen atoms in total. The second-order valence-electron chi connectivity index (χ2n) is 9.48. The van der Waals surface area contributed by atoms with Gasteiger partial charge >= 0.3 is 0 Å². The first-order chi connectivity index (χ1) is 19.3. The number of amides is 2. The molecule has 3 heterocycles. The van der Waals surface area contributed by atoms with Crippen molar-refractivity contribution in [3.8, 4) is 11.5 Å². The molecule has 10 heteroatoms. The molecule has 40 heavy (non-hydrogen) atoms. The lowest BCUT2D eigenvalue weighted by Crippen LogP contribution is -2.68. The Kier molecular flexibility index (Phi) is 7.46. The van der Waals surface area contributed by atoms with Gasteiger partial charge in [-0.1, -0.05) is 0 Å². The number of hydrogen-bond acceptors (Lipinski definition) is 8. The first-order valence-electron chi connectivity index (χ1n) is 12.6. The molecule has 0 unspecified atom stereocenters. The fourth-order valence-corrected chi connectivity index (χ4v) is 5.10. The number of ether oxygens (including phenoxy) is 4. The van der Waals surface area contributed by atoms with E-state index in [0.29, 0.717) is 39.8 Å². The van der Waals surface area contributed by atoms with Gasteiger partial charge in [-0.3, -0.25) is 24.2 Å². The molecule has 2 aromatic carbocycles. The smallest absolute Gasteiger partial charge is 0.259 e. The highest BCUT2D eigenvalue weighted by Gasteiger charge is 2.52. The van der Waals surface area contributed by atoms with Crippen molar-refractivity contribution in [3.63, 3.8) is 0 Å². The standard InChI is InChI=1S/C30H30N2O8/c1-17(14-23(33)25-27(38-4)29(34)31(25)19-6-10-21(36-2)11-7-19)18-15-24(40-16-18)26-28(39-5)30(35)32(26)20-8-12-22(37-3)13-9-20/h6-16,25-28H,1-5H3/b17-14+/t25-,26-,27+,28+/m0/s1. The number of carbonyl (C=O) groups is 3. The lowest BCUT2D eigenvalue weighted by Gasteiger charge is -2.44. The summed E-state index contributed by atoms with van der Waals surface area (Å²) in [5.74, 6) is 1.08. The predicted molar refractivity (Wildman–Crippen MR) is 146 cm³/mol. The van der Waals surface area contributed by atoms with Crippen LogP contribution in [0.2, 0.25) is 0 Å². The fourth-order valence-electron chi connectivity index (χ4n) is 5.10. The molecule has 3 aromatic rings. The molecular formula is C30H30N2O8. The van der Waals surface area contributed by atoms with Gasteiger partial charge in [-0.2, -0.15) is 0 Å². The summed E-state index contributed by atoms with van der Waals surface area (Å²) >= 11 is 0. The third kappa shape index (κ3) is 4.55. The molecule has 0 N–H and O–H groups in total. The molecule has 0 spiro atoms. The summed E-state index contributed by atoms with van der Waals surface area (Å²) in [6.07, 6.45) is 1.44. The zero-order valence-corrected chi connectivity index (χ0v) is 22.8. The summed E-state index contributed by atoms with van der Waals surface area (Å²) in [4.78, 5) is 42.0. The van der Waals surface area contributed by atoms with E-state index in [1.165, 1.54) is 31.5 Å². The zero-order chi connectivity index (χ0) is 28.6. The monoisotopic (exact) mass is 546 g/mol. The molecule has 2 saturated heterocycles. The van der Waals surface area contributed by atoms with Crippen molar-refractivity contribution in [1.29, 1.82) is 0 Å². The Morgan fingerprint density at radius 2 is 1.32 bits per heavy atom. The van der Waals surface area contributed by atoms with Gasteiger partial charge in [0.15, 0.2) is 18.0 Å².